The second kappa shape index (κ2) is 9.33. The van der Waals surface area contributed by atoms with E-state index in [9.17, 15) is 4.79 Å². The summed E-state index contributed by atoms with van der Waals surface area (Å²) >= 11 is 0. The summed E-state index contributed by atoms with van der Waals surface area (Å²) in [6.07, 6.45) is 4.72. The molecule has 3 rings (SSSR count). The molecule has 26 heavy (non-hydrogen) atoms. The van der Waals surface area contributed by atoms with Crippen molar-refractivity contribution in [3.05, 3.63) is 17.7 Å². The normalized spacial score (nSPS) is 17.4. The molecule has 2 fully saturated rings. The molecular weight excluding hydrogens is 356 g/mol. The SMILES string of the molecule is COc1ccc(C(=O)N2CCC(NCC3CC3)CC2)c(OC)c1OC.Cl. The minimum atomic E-state index is -0.0153. The molecular formula is C19H29ClN2O4. The Morgan fingerprint density at radius 1 is 1.04 bits per heavy atom. The van der Waals surface area contributed by atoms with Crippen molar-refractivity contribution in [2.75, 3.05) is 41.0 Å². The minimum Gasteiger partial charge on any atom is -0.493 e. The molecule has 1 saturated carbocycles. The molecule has 0 spiro atoms. The molecule has 6 nitrogen and oxygen atoms in total. The Morgan fingerprint density at radius 2 is 1.69 bits per heavy atom. The Bertz CT molecular complexity index is 614. The van der Waals surface area contributed by atoms with Crippen LogP contribution in [0.25, 0.3) is 0 Å². The maximum absolute atomic E-state index is 13.0. The lowest BCUT2D eigenvalue weighted by atomic mass is 10.0. The van der Waals surface area contributed by atoms with Crippen LogP contribution in [0.4, 0.5) is 0 Å². The van der Waals surface area contributed by atoms with Crippen LogP contribution in [-0.2, 0) is 0 Å². The lowest BCUT2D eigenvalue weighted by Gasteiger charge is -2.33. The van der Waals surface area contributed by atoms with Gasteiger partial charge in [0.25, 0.3) is 5.91 Å². The first-order chi connectivity index (χ1) is 12.2. The molecule has 1 aliphatic carbocycles. The molecule has 1 aliphatic heterocycles. The third kappa shape index (κ3) is 4.54. The summed E-state index contributed by atoms with van der Waals surface area (Å²) in [6.45, 7) is 2.65. The molecule has 0 radical (unpaired) electrons. The molecule has 2 aliphatic rings. The van der Waals surface area contributed by atoms with Gasteiger partial charge in [-0.15, -0.1) is 12.4 Å². The Balaban J connectivity index is 0.00000243. The van der Waals surface area contributed by atoms with Gasteiger partial charge in [-0.1, -0.05) is 0 Å². The van der Waals surface area contributed by atoms with Crippen molar-refractivity contribution >= 4 is 18.3 Å². The summed E-state index contributed by atoms with van der Waals surface area (Å²) in [6, 6.07) is 4.02. The number of hydrogen-bond donors (Lipinski definition) is 1. The molecule has 1 heterocycles. The van der Waals surface area contributed by atoms with Crippen LogP contribution in [0.3, 0.4) is 0 Å². The van der Waals surface area contributed by atoms with Gasteiger partial charge in [0.2, 0.25) is 5.75 Å². The van der Waals surface area contributed by atoms with Crippen LogP contribution in [-0.4, -0.2) is 57.8 Å². The van der Waals surface area contributed by atoms with Gasteiger partial charge in [-0.2, -0.15) is 0 Å². The molecule has 0 atom stereocenters. The van der Waals surface area contributed by atoms with E-state index in [0.29, 0.717) is 28.9 Å². The van der Waals surface area contributed by atoms with Gasteiger partial charge in [0.15, 0.2) is 11.5 Å². The van der Waals surface area contributed by atoms with Crippen LogP contribution in [0.2, 0.25) is 0 Å². The van der Waals surface area contributed by atoms with Gasteiger partial charge in [0.1, 0.15) is 0 Å². The first-order valence-electron chi connectivity index (χ1n) is 8.99. The highest BCUT2D eigenvalue weighted by Gasteiger charge is 2.29. The van der Waals surface area contributed by atoms with Crippen LogP contribution >= 0.6 is 12.4 Å². The van der Waals surface area contributed by atoms with Crippen molar-refractivity contribution in [2.45, 2.75) is 31.7 Å². The van der Waals surface area contributed by atoms with Crippen molar-refractivity contribution in [3.8, 4) is 17.2 Å². The predicted molar refractivity (Wildman–Crippen MR) is 103 cm³/mol. The van der Waals surface area contributed by atoms with E-state index in [1.165, 1.54) is 12.8 Å². The Kier molecular flexibility index (Phi) is 7.41. The summed E-state index contributed by atoms with van der Waals surface area (Å²) in [7, 11) is 4.66. The molecule has 1 aromatic rings. The lowest BCUT2D eigenvalue weighted by Crippen LogP contribution is -2.45. The van der Waals surface area contributed by atoms with E-state index in [0.717, 1.165) is 38.4 Å². The lowest BCUT2D eigenvalue weighted by molar-refractivity contribution is 0.0701. The van der Waals surface area contributed by atoms with Crippen molar-refractivity contribution in [2.24, 2.45) is 5.92 Å². The van der Waals surface area contributed by atoms with Crippen LogP contribution in [0, 0.1) is 5.92 Å². The number of halogens is 1. The number of hydrogen-bond acceptors (Lipinski definition) is 5. The van der Waals surface area contributed by atoms with Gasteiger partial charge in [-0.05, 0) is 50.3 Å². The van der Waals surface area contributed by atoms with Gasteiger partial charge in [-0.3, -0.25) is 4.79 Å². The van der Waals surface area contributed by atoms with Crippen LogP contribution in [0.15, 0.2) is 12.1 Å². The highest BCUT2D eigenvalue weighted by Crippen LogP contribution is 2.40. The highest BCUT2D eigenvalue weighted by atomic mass is 35.5. The second-order valence-corrected chi connectivity index (χ2v) is 6.80. The highest BCUT2D eigenvalue weighted by molar-refractivity contribution is 5.98. The average molecular weight is 385 g/mol. The molecule has 1 N–H and O–H groups in total. The van der Waals surface area contributed by atoms with Crippen molar-refractivity contribution in [3.63, 3.8) is 0 Å². The number of nitrogens with one attached hydrogen (secondary N) is 1. The fourth-order valence-corrected chi connectivity index (χ4v) is 3.38. The number of carbonyl (C=O) groups excluding carboxylic acids is 1. The molecule has 146 valence electrons. The standard InChI is InChI=1S/C19H28N2O4.ClH/c1-23-16-7-6-15(17(24-2)18(16)25-3)19(22)21-10-8-14(9-11-21)20-12-13-4-5-13;/h6-7,13-14,20H,4-5,8-12H2,1-3H3;1H. The molecule has 0 unspecified atom stereocenters. The molecule has 1 saturated heterocycles. The number of carbonyl (C=O) groups is 1. The summed E-state index contributed by atoms with van der Waals surface area (Å²) in [4.78, 5) is 14.9. The number of methoxy groups -OCH3 is 3. The van der Waals surface area contributed by atoms with Gasteiger partial charge in [0.05, 0.1) is 26.9 Å². The van der Waals surface area contributed by atoms with Gasteiger partial charge in [0, 0.05) is 19.1 Å². The predicted octanol–water partition coefficient (Wildman–Crippen LogP) is 2.74. The molecule has 0 bridgehead atoms. The fourth-order valence-electron chi connectivity index (χ4n) is 3.38. The summed E-state index contributed by atoms with van der Waals surface area (Å²) in [5, 5.41) is 3.64. The van der Waals surface area contributed by atoms with E-state index < -0.39 is 0 Å². The van der Waals surface area contributed by atoms with Crippen LogP contribution in [0.1, 0.15) is 36.0 Å². The van der Waals surface area contributed by atoms with Gasteiger partial charge < -0.3 is 24.4 Å². The quantitative estimate of drug-likeness (QED) is 0.783. The minimum absolute atomic E-state index is 0. The zero-order valence-electron chi connectivity index (χ0n) is 15.7. The van der Waals surface area contributed by atoms with Crippen molar-refractivity contribution in [1.82, 2.24) is 10.2 Å². The number of ether oxygens (including phenoxy) is 3. The van der Waals surface area contributed by atoms with Crippen LogP contribution < -0.4 is 19.5 Å². The first-order valence-corrected chi connectivity index (χ1v) is 8.99. The molecule has 7 heteroatoms. The Labute approximate surface area is 161 Å². The molecule has 1 aromatic carbocycles. The zero-order chi connectivity index (χ0) is 17.8. The smallest absolute Gasteiger partial charge is 0.257 e. The number of piperidine rings is 1. The third-order valence-electron chi connectivity index (χ3n) is 5.11. The monoisotopic (exact) mass is 384 g/mol. The van der Waals surface area contributed by atoms with Crippen molar-refractivity contribution in [1.29, 1.82) is 0 Å². The largest absolute Gasteiger partial charge is 0.493 e. The van der Waals surface area contributed by atoms with Gasteiger partial charge >= 0.3 is 0 Å². The number of benzene rings is 1. The Morgan fingerprint density at radius 3 is 2.23 bits per heavy atom. The summed E-state index contributed by atoms with van der Waals surface area (Å²) in [5.74, 6) is 2.31. The number of nitrogens with zero attached hydrogens (tertiary/aromatic N) is 1. The second-order valence-electron chi connectivity index (χ2n) is 6.80. The number of amides is 1. The maximum atomic E-state index is 13.0. The van der Waals surface area contributed by atoms with E-state index >= 15 is 0 Å². The van der Waals surface area contributed by atoms with E-state index in [4.69, 9.17) is 14.2 Å². The molecule has 1 amide bonds. The summed E-state index contributed by atoms with van der Waals surface area (Å²) in [5.41, 5.74) is 0.518. The van der Waals surface area contributed by atoms with E-state index in [1.54, 1.807) is 33.5 Å². The fraction of sp³-hybridized carbons (Fsp3) is 0.632. The number of rotatable bonds is 7. The first kappa shape index (κ1) is 20.6. The van der Waals surface area contributed by atoms with Crippen LogP contribution in [0.5, 0.6) is 17.2 Å². The Hall–Kier alpha value is -1.66. The zero-order valence-corrected chi connectivity index (χ0v) is 16.6. The number of likely N-dealkylation sites (tertiary alicyclic amines) is 1. The van der Waals surface area contributed by atoms with E-state index in [-0.39, 0.29) is 18.3 Å². The topological polar surface area (TPSA) is 60.0 Å². The maximum Gasteiger partial charge on any atom is 0.257 e. The van der Waals surface area contributed by atoms with E-state index in [2.05, 4.69) is 5.32 Å². The molecule has 0 aromatic heterocycles. The third-order valence-corrected chi connectivity index (χ3v) is 5.11. The van der Waals surface area contributed by atoms with Gasteiger partial charge in [-0.25, -0.2) is 0 Å². The summed E-state index contributed by atoms with van der Waals surface area (Å²) < 4.78 is 16.1. The average Bonchev–Trinajstić information content (AvgIpc) is 3.49. The van der Waals surface area contributed by atoms with E-state index in [1.807, 2.05) is 4.90 Å². The van der Waals surface area contributed by atoms with Crippen molar-refractivity contribution < 1.29 is 19.0 Å².